The van der Waals surface area contributed by atoms with E-state index in [1.165, 1.54) is 0 Å². The maximum Gasteiger partial charge on any atom is 0.347 e. The third-order valence-electron chi connectivity index (χ3n) is 3.46. The zero-order valence-electron chi connectivity index (χ0n) is 13.4. The van der Waals surface area contributed by atoms with Crippen LogP contribution >= 0.6 is 11.3 Å². The van der Waals surface area contributed by atoms with Crippen LogP contribution in [0.2, 0.25) is 0 Å². The normalized spacial score (nSPS) is 10.6. The average Bonchev–Trinajstić information content (AvgIpc) is 3.22. The van der Waals surface area contributed by atoms with Gasteiger partial charge in [0.25, 0.3) is 5.91 Å². The van der Waals surface area contributed by atoms with E-state index in [0.717, 1.165) is 16.9 Å². The minimum atomic E-state index is -0.985. The van der Waals surface area contributed by atoms with Crippen molar-refractivity contribution in [1.82, 2.24) is 15.5 Å². The summed E-state index contributed by atoms with van der Waals surface area (Å²) in [7, 11) is 0. The van der Waals surface area contributed by atoms with E-state index in [2.05, 4.69) is 15.5 Å². The molecule has 2 aromatic heterocycles. The molecule has 0 spiro atoms. The summed E-state index contributed by atoms with van der Waals surface area (Å²) >= 11 is 1.12. The summed E-state index contributed by atoms with van der Waals surface area (Å²) in [5.41, 5.74) is 1.52. The predicted molar refractivity (Wildman–Crippen MR) is 91.8 cm³/mol. The van der Waals surface area contributed by atoms with Crippen LogP contribution in [0.3, 0.4) is 0 Å². The first-order chi connectivity index (χ1) is 12.0. The first kappa shape index (κ1) is 16.8. The van der Waals surface area contributed by atoms with Gasteiger partial charge in [-0.25, -0.2) is 9.78 Å². The van der Waals surface area contributed by atoms with E-state index in [9.17, 15) is 9.59 Å². The highest BCUT2D eigenvalue weighted by Crippen LogP contribution is 2.20. The Morgan fingerprint density at radius 3 is 2.72 bits per heavy atom. The molecular weight excluding hydrogens is 342 g/mol. The van der Waals surface area contributed by atoms with Gasteiger partial charge in [-0.3, -0.25) is 4.79 Å². The van der Waals surface area contributed by atoms with Crippen LogP contribution in [0.5, 0.6) is 0 Å². The number of rotatable bonds is 6. The van der Waals surface area contributed by atoms with Gasteiger partial charge in [-0.05, 0) is 6.92 Å². The Morgan fingerprint density at radius 2 is 2.04 bits per heavy atom. The summed E-state index contributed by atoms with van der Waals surface area (Å²) in [6, 6.07) is 11.0. The van der Waals surface area contributed by atoms with Crippen LogP contribution in [0.15, 0.2) is 40.9 Å². The van der Waals surface area contributed by atoms with Crippen LogP contribution in [-0.2, 0) is 6.42 Å². The van der Waals surface area contributed by atoms with Crippen LogP contribution in [-0.4, -0.2) is 33.7 Å². The number of carbonyl (C=O) groups excluding carboxylic acids is 1. The van der Waals surface area contributed by atoms with Crippen molar-refractivity contribution < 1.29 is 19.2 Å². The summed E-state index contributed by atoms with van der Waals surface area (Å²) in [6.07, 6.45) is 0.452. The Hall–Kier alpha value is -3.00. The summed E-state index contributed by atoms with van der Waals surface area (Å²) in [4.78, 5) is 27.5. The SMILES string of the molecule is Cc1nc(CCNC(=O)c2cc(-c3ccccc3)on2)sc1C(=O)O. The molecule has 0 unspecified atom stereocenters. The molecular formula is C17H15N3O4S. The van der Waals surface area contributed by atoms with Crippen molar-refractivity contribution in [2.24, 2.45) is 0 Å². The lowest BCUT2D eigenvalue weighted by Gasteiger charge is -2.00. The van der Waals surface area contributed by atoms with Crippen LogP contribution in [0.4, 0.5) is 0 Å². The number of carboxylic acids is 1. The number of thiazole rings is 1. The van der Waals surface area contributed by atoms with Crippen LogP contribution in [0.25, 0.3) is 11.3 Å². The summed E-state index contributed by atoms with van der Waals surface area (Å²) in [5.74, 6) is -0.814. The second kappa shape index (κ2) is 7.27. The minimum absolute atomic E-state index is 0.195. The number of benzene rings is 1. The fourth-order valence-corrected chi connectivity index (χ4v) is 3.15. The molecule has 3 rings (SSSR count). The van der Waals surface area contributed by atoms with Gasteiger partial charge in [0.15, 0.2) is 11.5 Å². The highest BCUT2D eigenvalue weighted by atomic mass is 32.1. The monoisotopic (exact) mass is 357 g/mol. The van der Waals surface area contributed by atoms with E-state index in [1.54, 1.807) is 13.0 Å². The summed E-state index contributed by atoms with van der Waals surface area (Å²) < 4.78 is 5.20. The van der Waals surface area contributed by atoms with E-state index in [0.29, 0.717) is 29.4 Å². The van der Waals surface area contributed by atoms with Gasteiger partial charge in [0.05, 0.1) is 10.7 Å². The highest BCUT2D eigenvalue weighted by Gasteiger charge is 2.15. The molecule has 7 nitrogen and oxygen atoms in total. The third-order valence-corrected chi connectivity index (χ3v) is 4.67. The zero-order valence-corrected chi connectivity index (χ0v) is 14.2. The van der Waals surface area contributed by atoms with Gasteiger partial charge in [-0.1, -0.05) is 35.5 Å². The van der Waals surface area contributed by atoms with Crippen LogP contribution in [0, 0.1) is 6.92 Å². The fourth-order valence-electron chi connectivity index (χ4n) is 2.25. The standard InChI is InChI=1S/C17H15N3O4S/c1-10-15(17(22)23)25-14(19-10)7-8-18-16(21)12-9-13(24-20-12)11-5-3-2-4-6-11/h2-6,9H,7-8H2,1H3,(H,18,21)(H,22,23). The number of aromatic nitrogens is 2. The zero-order chi connectivity index (χ0) is 17.8. The van der Waals surface area contributed by atoms with E-state index >= 15 is 0 Å². The topological polar surface area (TPSA) is 105 Å². The largest absolute Gasteiger partial charge is 0.477 e. The molecule has 8 heteroatoms. The van der Waals surface area contributed by atoms with Crippen LogP contribution < -0.4 is 5.32 Å². The fraction of sp³-hybridized carbons (Fsp3) is 0.176. The van der Waals surface area contributed by atoms with Crippen molar-refractivity contribution in [2.45, 2.75) is 13.3 Å². The number of carboxylic acid groups (broad SMARTS) is 1. The molecule has 1 amide bonds. The Balaban J connectivity index is 1.57. The second-order valence-electron chi connectivity index (χ2n) is 5.28. The lowest BCUT2D eigenvalue weighted by atomic mass is 10.1. The third kappa shape index (κ3) is 3.92. The van der Waals surface area contributed by atoms with Crippen molar-refractivity contribution in [2.75, 3.05) is 6.54 Å². The maximum absolute atomic E-state index is 12.1. The van der Waals surface area contributed by atoms with Gasteiger partial charge >= 0.3 is 5.97 Å². The molecule has 0 aliphatic heterocycles. The molecule has 3 aromatic rings. The van der Waals surface area contributed by atoms with Crippen molar-refractivity contribution in [3.05, 3.63) is 57.7 Å². The number of carbonyl (C=O) groups is 2. The number of aromatic carboxylic acids is 1. The molecule has 0 fully saturated rings. The molecule has 0 saturated carbocycles. The summed E-state index contributed by atoms with van der Waals surface area (Å²) in [5, 5.41) is 16.2. The Kier molecular flexibility index (Phi) is 4.90. The van der Waals surface area contributed by atoms with E-state index in [4.69, 9.17) is 9.63 Å². The van der Waals surface area contributed by atoms with Crippen molar-refractivity contribution in [3.63, 3.8) is 0 Å². The average molecular weight is 357 g/mol. The lowest BCUT2D eigenvalue weighted by Crippen LogP contribution is -2.25. The molecule has 0 bridgehead atoms. The Morgan fingerprint density at radius 1 is 1.28 bits per heavy atom. The molecule has 25 heavy (non-hydrogen) atoms. The molecule has 128 valence electrons. The highest BCUT2D eigenvalue weighted by molar-refractivity contribution is 7.13. The number of nitrogens with zero attached hydrogens (tertiary/aromatic N) is 2. The van der Waals surface area contributed by atoms with Gasteiger partial charge in [0.2, 0.25) is 0 Å². The smallest absolute Gasteiger partial charge is 0.347 e. The van der Waals surface area contributed by atoms with E-state index < -0.39 is 5.97 Å². The summed E-state index contributed by atoms with van der Waals surface area (Å²) in [6.45, 7) is 1.99. The first-order valence-corrected chi connectivity index (χ1v) is 8.36. The quantitative estimate of drug-likeness (QED) is 0.703. The van der Waals surface area contributed by atoms with Gasteiger partial charge in [-0.2, -0.15) is 0 Å². The van der Waals surface area contributed by atoms with Crippen molar-refractivity contribution in [1.29, 1.82) is 0 Å². The lowest BCUT2D eigenvalue weighted by molar-refractivity contribution is 0.0701. The molecule has 0 aliphatic carbocycles. The predicted octanol–water partition coefficient (Wildman–Crippen LogP) is 2.78. The van der Waals surface area contributed by atoms with Crippen LogP contribution in [0.1, 0.15) is 30.9 Å². The molecule has 0 radical (unpaired) electrons. The number of nitrogens with one attached hydrogen (secondary N) is 1. The first-order valence-electron chi connectivity index (χ1n) is 7.54. The number of aryl methyl sites for hydroxylation is 1. The molecule has 0 aliphatic rings. The molecule has 1 aromatic carbocycles. The van der Waals surface area contributed by atoms with Gasteiger partial charge in [0.1, 0.15) is 4.88 Å². The Bertz CT molecular complexity index is 902. The molecule has 2 heterocycles. The van der Waals surface area contributed by atoms with E-state index in [-0.39, 0.29) is 16.5 Å². The van der Waals surface area contributed by atoms with Crippen molar-refractivity contribution >= 4 is 23.2 Å². The van der Waals surface area contributed by atoms with Gasteiger partial charge < -0.3 is 14.9 Å². The molecule has 0 atom stereocenters. The van der Waals surface area contributed by atoms with Gasteiger partial charge in [-0.15, -0.1) is 11.3 Å². The second-order valence-corrected chi connectivity index (χ2v) is 6.36. The number of hydrogen-bond donors (Lipinski definition) is 2. The van der Waals surface area contributed by atoms with Gasteiger partial charge in [0, 0.05) is 24.6 Å². The maximum atomic E-state index is 12.1. The van der Waals surface area contributed by atoms with Crippen molar-refractivity contribution in [3.8, 4) is 11.3 Å². The molecule has 0 saturated heterocycles. The number of amides is 1. The Labute approximate surface area is 147 Å². The minimum Gasteiger partial charge on any atom is -0.477 e. The van der Waals surface area contributed by atoms with E-state index in [1.807, 2.05) is 30.3 Å². The number of hydrogen-bond acceptors (Lipinski definition) is 6. The molecule has 2 N–H and O–H groups in total.